The summed E-state index contributed by atoms with van der Waals surface area (Å²) in [5.41, 5.74) is 2.23. The van der Waals surface area contributed by atoms with Gasteiger partial charge in [-0.2, -0.15) is 0 Å². The van der Waals surface area contributed by atoms with Gasteiger partial charge >= 0.3 is 0 Å². The topological polar surface area (TPSA) is 38.7 Å². The summed E-state index contributed by atoms with van der Waals surface area (Å²) in [4.78, 5) is 1.000. The standard InChI is InChI=1S/C29H28O3S/c1-31-27-19-11-12-20-28(27)33-22-26(30)21-32-29(23-13-5-2-6-14-23,24-15-7-3-8-16-24)25-17-9-4-10-18-25/h2-20,26,30H,21-22H2,1H3. The van der Waals surface area contributed by atoms with Crippen molar-refractivity contribution in [2.45, 2.75) is 16.6 Å². The van der Waals surface area contributed by atoms with Gasteiger partial charge in [0, 0.05) is 10.6 Å². The Balaban J connectivity index is 1.63. The third-order valence-corrected chi connectivity index (χ3v) is 6.73. The van der Waals surface area contributed by atoms with Gasteiger partial charge in [0.1, 0.15) is 11.4 Å². The number of para-hydroxylation sites is 1. The molecule has 0 bridgehead atoms. The Bertz CT molecular complexity index is 1020. The fourth-order valence-corrected chi connectivity index (χ4v) is 4.90. The Labute approximate surface area is 200 Å². The van der Waals surface area contributed by atoms with Crippen LogP contribution in [0.3, 0.4) is 0 Å². The van der Waals surface area contributed by atoms with E-state index in [4.69, 9.17) is 9.47 Å². The monoisotopic (exact) mass is 456 g/mol. The molecule has 1 atom stereocenters. The van der Waals surface area contributed by atoms with Crippen LogP contribution in [-0.4, -0.2) is 30.7 Å². The number of hydrogen-bond acceptors (Lipinski definition) is 4. The molecule has 0 aromatic heterocycles. The van der Waals surface area contributed by atoms with Gasteiger partial charge in [-0.05, 0) is 28.8 Å². The summed E-state index contributed by atoms with van der Waals surface area (Å²) in [6.45, 7) is 0.181. The van der Waals surface area contributed by atoms with Crippen molar-refractivity contribution in [1.82, 2.24) is 0 Å². The predicted molar refractivity (Wildman–Crippen MR) is 135 cm³/mol. The number of methoxy groups -OCH3 is 1. The number of rotatable bonds is 10. The summed E-state index contributed by atoms with van der Waals surface area (Å²) in [5.74, 6) is 1.30. The summed E-state index contributed by atoms with van der Waals surface area (Å²) in [5, 5.41) is 10.9. The molecule has 0 heterocycles. The number of benzene rings is 4. The summed E-state index contributed by atoms with van der Waals surface area (Å²) < 4.78 is 12.1. The smallest absolute Gasteiger partial charge is 0.143 e. The zero-order chi connectivity index (χ0) is 22.9. The van der Waals surface area contributed by atoms with Crippen molar-refractivity contribution in [2.75, 3.05) is 19.5 Å². The molecule has 0 fully saturated rings. The second-order valence-electron chi connectivity index (χ2n) is 7.71. The van der Waals surface area contributed by atoms with Gasteiger partial charge in [0.25, 0.3) is 0 Å². The first-order valence-electron chi connectivity index (χ1n) is 11.0. The molecule has 4 heteroatoms. The minimum Gasteiger partial charge on any atom is -0.496 e. The lowest BCUT2D eigenvalue weighted by Crippen LogP contribution is -2.36. The van der Waals surface area contributed by atoms with E-state index < -0.39 is 11.7 Å². The van der Waals surface area contributed by atoms with Crippen LogP contribution >= 0.6 is 11.8 Å². The van der Waals surface area contributed by atoms with E-state index in [1.165, 1.54) is 0 Å². The first-order chi connectivity index (χ1) is 16.2. The van der Waals surface area contributed by atoms with E-state index in [1.54, 1.807) is 18.9 Å². The molecule has 33 heavy (non-hydrogen) atoms. The number of hydrogen-bond donors (Lipinski definition) is 1. The highest BCUT2D eigenvalue weighted by Crippen LogP contribution is 2.40. The third kappa shape index (κ3) is 5.31. The molecule has 0 spiro atoms. The minimum absolute atomic E-state index is 0.181. The molecule has 4 aromatic carbocycles. The second kappa shape index (κ2) is 11.2. The zero-order valence-corrected chi connectivity index (χ0v) is 19.4. The quantitative estimate of drug-likeness (QED) is 0.229. The molecule has 3 nitrogen and oxygen atoms in total. The molecule has 0 radical (unpaired) electrons. The van der Waals surface area contributed by atoms with Gasteiger partial charge in [0.05, 0.1) is 19.8 Å². The lowest BCUT2D eigenvalue weighted by molar-refractivity contribution is -0.0311. The highest BCUT2D eigenvalue weighted by molar-refractivity contribution is 7.99. The van der Waals surface area contributed by atoms with Crippen LogP contribution in [0.5, 0.6) is 5.75 Å². The van der Waals surface area contributed by atoms with Crippen molar-refractivity contribution in [3.63, 3.8) is 0 Å². The third-order valence-electron chi connectivity index (χ3n) is 5.53. The molecule has 168 valence electrons. The molecule has 4 rings (SSSR count). The molecular formula is C29H28O3S. The lowest BCUT2D eigenvalue weighted by atomic mass is 9.80. The molecule has 0 aliphatic carbocycles. The largest absolute Gasteiger partial charge is 0.496 e. The maximum atomic E-state index is 10.9. The summed E-state index contributed by atoms with van der Waals surface area (Å²) in [7, 11) is 1.66. The maximum absolute atomic E-state index is 10.9. The minimum atomic E-state index is -0.833. The van der Waals surface area contributed by atoms with Crippen molar-refractivity contribution in [1.29, 1.82) is 0 Å². The van der Waals surface area contributed by atoms with Gasteiger partial charge in [0.15, 0.2) is 0 Å². The van der Waals surface area contributed by atoms with E-state index in [2.05, 4.69) is 36.4 Å². The number of ether oxygens (including phenoxy) is 2. The number of aliphatic hydroxyl groups excluding tert-OH is 1. The Kier molecular flexibility index (Phi) is 7.84. The number of aliphatic hydroxyl groups is 1. The molecular weight excluding hydrogens is 428 g/mol. The summed E-state index contributed by atoms with van der Waals surface area (Å²) >= 11 is 1.56. The van der Waals surface area contributed by atoms with Crippen LogP contribution in [0.1, 0.15) is 16.7 Å². The first kappa shape index (κ1) is 23.1. The molecule has 4 aromatic rings. The predicted octanol–water partition coefficient (Wildman–Crippen LogP) is 6.16. The lowest BCUT2D eigenvalue weighted by Gasteiger charge is -2.36. The second-order valence-corrected chi connectivity index (χ2v) is 8.77. The molecule has 1 unspecified atom stereocenters. The van der Waals surface area contributed by atoms with Crippen LogP contribution in [0, 0.1) is 0 Å². The average Bonchev–Trinajstić information content (AvgIpc) is 2.90. The highest BCUT2D eigenvalue weighted by Gasteiger charge is 2.38. The van der Waals surface area contributed by atoms with Gasteiger partial charge in [0.2, 0.25) is 0 Å². The molecule has 0 saturated heterocycles. The molecule has 0 aliphatic rings. The van der Waals surface area contributed by atoms with Gasteiger partial charge in [-0.1, -0.05) is 103 Å². The van der Waals surface area contributed by atoms with E-state index in [-0.39, 0.29) is 6.61 Å². The average molecular weight is 457 g/mol. The molecule has 1 N–H and O–H groups in total. The van der Waals surface area contributed by atoms with Crippen molar-refractivity contribution < 1.29 is 14.6 Å². The van der Waals surface area contributed by atoms with Gasteiger partial charge in [-0.15, -0.1) is 11.8 Å². The van der Waals surface area contributed by atoms with Crippen LogP contribution < -0.4 is 4.74 Å². The molecule has 0 saturated carbocycles. The SMILES string of the molecule is COc1ccccc1SCC(O)COC(c1ccccc1)(c1ccccc1)c1ccccc1. The number of thioether (sulfide) groups is 1. The Morgan fingerprint density at radius 3 is 1.64 bits per heavy atom. The zero-order valence-electron chi connectivity index (χ0n) is 18.6. The molecule has 0 amide bonds. The van der Waals surface area contributed by atoms with Crippen LogP contribution in [-0.2, 0) is 10.3 Å². The van der Waals surface area contributed by atoms with Crippen molar-refractivity contribution in [3.05, 3.63) is 132 Å². The Morgan fingerprint density at radius 1 is 0.697 bits per heavy atom. The van der Waals surface area contributed by atoms with E-state index >= 15 is 0 Å². The van der Waals surface area contributed by atoms with Crippen LogP contribution in [0.2, 0.25) is 0 Å². The molecule has 0 aliphatic heterocycles. The van der Waals surface area contributed by atoms with E-state index in [1.807, 2.05) is 78.9 Å². The Hall–Kier alpha value is -3.05. The van der Waals surface area contributed by atoms with E-state index in [0.717, 1.165) is 27.3 Å². The summed E-state index contributed by atoms with van der Waals surface area (Å²) in [6, 6.07) is 38.4. The van der Waals surface area contributed by atoms with Crippen LogP contribution in [0.4, 0.5) is 0 Å². The van der Waals surface area contributed by atoms with Gasteiger partial charge in [-0.25, -0.2) is 0 Å². The van der Waals surface area contributed by atoms with Gasteiger partial charge in [-0.3, -0.25) is 0 Å². The van der Waals surface area contributed by atoms with Gasteiger partial charge < -0.3 is 14.6 Å². The fourth-order valence-electron chi connectivity index (χ4n) is 3.96. The summed E-state index contributed by atoms with van der Waals surface area (Å²) in [6.07, 6.45) is -0.657. The maximum Gasteiger partial charge on any atom is 0.143 e. The van der Waals surface area contributed by atoms with Crippen molar-refractivity contribution in [2.24, 2.45) is 0 Å². The Morgan fingerprint density at radius 2 is 1.15 bits per heavy atom. The van der Waals surface area contributed by atoms with Crippen molar-refractivity contribution >= 4 is 11.8 Å². The van der Waals surface area contributed by atoms with Crippen molar-refractivity contribution in [3.8, 4) is 5.75 Å². The van der Waals surface area contributed by atoms with E-state index in [9.17, 15) is 5.11 Å². The van der Waals surface area contributed by atoms with E-state index in [0.29, 0.717) is 5.75 Å². The van der Waals surface area contributed by atoms with Crippen LogP contribution in [0.15, 0.2) is 120 Å². The van der Waals surface area contributed by atoms with Crippen LogP contribution in [0.25, 0.3) is 0 Å². The fraction of sp³-hybridized carbons (Fsp3) is 0.172. The highest BCUT2D eigenvalue weighted by atomic mass is 32.2. The normalized spacial score (nSPS) is 12.3. The first-order valence-corrected chi connectivity index (χ1v) is 12.0.